The van der Waals surface area contributed by atoms with Gasteiger partial charge in [0.05, 0.1) is 18.9 Å². The van der Waals surface area contributed by atoms with Crippen LogP contribution in [0.5, 0.6) is 5.75 Å². The molecule has 0 heterocycles. The molecule has 1 N–H and O–H groups in total. The van der Waals surface area contributed by atoms with Crippen LogP contribution in [-0.2, 0) is 4.74 Å². The van der Waals surface area contributed by atoms with Gasteiger partial charge in [-0.25, -0.2) is 0 Å². The lowest BCUT2D eigenvalue weighted by molar-refractivity contribution is 0.141. The van der Waals surface area contributed by atoms with Crippen molar-refractivity contribution in [2.24, 2.45) is 0 Å². The number of hydrogen-bond acceptors (Lipinski definition) is 3. The summed E-state index contributed by atoms with van der Waals surface area (Å²) in [5.74, 6) is 0.906. The predicted molar refractivity (Wildman–Crippen MR) is 71.8 cm³/mol. The first-order chi connectivity index (χ1) is 8.38. The van der Waals surface area contributed by atoms with Gasteiger partial charge in [-0.05, 0) is 25.5 Å². The lowest BCUT2D eigenvalue weighted by Crippen LogP contribution is -2.10. The second kappa shape index (κ2) is 8.88. The highest BCUT2D eigenvalue weighted by Crippen LogP contribution is 2.23. The summed E-state index contributed by atoms with van der Waals surface area (Å²) >= 11 is 0. The number of benzene rings is 1. The Bertz CT molecular complexity index is 302. The van der Waals surface area contributed by atoms with Crippen LogP contribution >= 0.6 is 0 Å². The molecule has 0 radical (unpaired) electrons. The van der Waals surface area contributed by atoms with Gasteiger partial charge in [0, 0.05) is 13.2 Å². The van der Waals surface area contributed by atoms with Gasteiger partial charge in [0.25, 0.3) is 0 Å². The molecule has 0 aliphatic rings. The molecule has 0 saturated heterocycles. The van der Waals surface area contributed by atoms with Crippen LogP contribution in [0.4, 0.5) is 5.69 Å². The highest BCUT2D eigenvalue weighted by molar-refractivity contribution is 5.56. The smallest absolute Gasteiger partial charge is 0.142 e. The van der Waals surface area contributed by atoms with Gasteiger partial charge in [0.2, 0.25) is 0 Å². The Morgan fingerprint density at radius 2 is 1.94 bits per heavy atom. The van der Waals surface area contributed by atoms with Crippen molar-refractivity contribution in [3.63, 3.8) is 0 Å². The maximum absolute atomic E-state index is 5.53. The van der Waals surface area contributed by atoms with E-state index in [1.165, 1.54) is 6.42 Å². The molecule has 0 unspecified atom stereocenters. The molecule has 0 aliphatic carbocycles. The van der Waals surface area contributed by atoms with Crippen LogP contribution in [-0.4, -0.2) is 26.4 Å². The monoisotopic (exact) mass is 237 g/mol. The Hall–Kier alpha value is -1.22. The molecule has 0 spiro atoms. The van der Waals surface area contributed by atoms with Crippen molar-refractivity contribution in [1.29, 1.82) is 0 Å². The minimum Gasteiger partial charge on any atom is -0.492 e. The fraction of sp³-hybridized carbons (Fsp3) is 0.571. The first-order valence-corrected chi connectivity index (χ1v) is 6.42. The zero-order chi connectivity index (χ0) is 12.3. The van der Waals surface area contributed by atoms with Gasteiger partial charge in [0.1, 0.15) is 5.75 Å². The number of unbranched alkanes of at least 4 members (excludes halogenated alkanes) is 1. The molecular formula is C14H23NO2. The topological polar surface area (TPSA) is 30.5 Å². The predicted octanol–water partition coefficient (Wildman–Crippen LogP) is 3.31. The van der Waals surface area contributed by atoms with Gasteiger partial charge >= 0.3 is 0 Å². The van der Waals surface area contributed by atoms with E-state index in [-0.39, 0.29) is 0 Å². The molecule has 0 aromatic heterocycles. The van der Waals surface area contributed by atoms with E-state index >= 15 is 0 Å². The van der Waals surface area contributed by atoms with Gasteiger partial charge in [-0.1, -0.05) is 25.5 Å². The summed E-state index contributed by atoms with van der Waals surface area (Å²) < 4.78 is 11.0. The van der Waals surface area contributed by atoms with Crippen molar-refractivity contribution in [3.05, 3.63) is 24.3 Å². The van der Waals surface area contributed by atoms with E-state index in [2.05, 4.69) is 12.2 Å². The minimum atomic E-state index is 0.686. The molecule has 3 nitrogen and oxygen atoms in total. The Balaban J connectivity index is 2.25. The summed E-state index contributed by atoms with van der Waals surface area (Å²) in [6.07, 6.45) is 2.32. The molecule has 0 amide bonds. The SMILES string of the molecule is CCCCOCCNc1ccccc1OCC. The summed E-state index contributed by atoms with van der Waals surface area (Å²) in [6.45, 7) is 7.25. The molecule has 3 heteroatoms. The van der Waals surface area contributed by atoms with Crippen LogP contribution in [0.1, 0.15) is 26.7 Å². The normalized spacial score (nSPS) is 10.2. The summed E-state index contributed by atoms with van der Waals surface area (Å²) in [5, 5.41) is 3.32. The van der Waals surface area contributed by atoms with E-state index in [0.29, 0.717) is 6.61 Å². The van der Waals surface area contributed by atoms with Crippen molar-refractivity contribution in [2.45, 2.75) is 26.7 Å². The Kier molecular flexibility index (Phi) is 7.23. The molecule has 0 atom stereocenters. The van der Waals surface area contributed by atoms with Gasteiger partial charge in [-0.3, -0.25) is 0 Å². The van der Waals surface area contributed by atoms with Crippen LogP contribution in [0.25, 0.3) is 0 Å². The minimum absolute atomic E-state index is 0.686. The largest absolute Gasteiger partial charge is 0.492 e. The lowest BCUT2D eigenvalue weighted by atomic mass is 10.3. The molecular weight excluding hydrogens is 214 g/mol. The number of rotatable bonds is 9. The Morgan fingerprint density at radius 3 is 2.71 bits per heavy atom. The van der Waals surface area contributed by atoms with E-state index in [1.807, 2.05) is 31.2 Å². The fourth-order valence-electron chi connectivity index (χ4n) is 1.50. The van der Waals surface area contributed by atoms with Crippen molar-refractivity contribution >= 4 is 5.69 Å². The van der Waals surface area contributed by atoms with Crippen LogP contribution in [0.3, 0.4) is 0 Å². The maximum atomic E-state index is 5.53. The van der Waals surface area contributed by atoms with Crippen LogP contribution < -0.4 is 10.1 Å². The van der Waals surface area contributed by atoms with Gasteiger partial charge < -0.3 is 14.8 Å². The Labute approximate surface area is 104 Å². The summed E-state index contributed by atoms with van der Waals surface area (Å²) in [7, 11) is 0. The first kappa shape index (κ1) is 13.8. The zero-order valence-electron chi connectivity index (χ0n) is 10.9. The van der Waals surface area contributed by atoms with Crippen molar-refractivity contribution < 1.29 is 9.47 Å². The maximum Gasteiger partial charge on any atom is 0.142 e. The second-order valence-electron chi connectivity index (χ2n) is 3.82. The van der Waals surface area contributed by atoms with Crippen molar-refractivity contribution in [2.75, 3.05) is 31.7 Å². The number of anilines is 1. The molecule has 0 aliphatic heterocycles. The standard InChI is InChI=1S/C14H23NO2/c1-3-5-11-16-12-10-15-13-8-6-7-9-14(13)17-4-2/h6-9,15H,3-5,10-12H2,1-2H3. The number of hydrogen-bond donors (Lipinski definition) is 1. The van der Waals surface area contributed by atoms with E-state index < -0.39 is 0 Å². The van der Waals surface area contributed by atoms with Gasteiger partial charge in [0.15, 0.2) is 0 Å². The molecule has 17 heavy (non-hydrogen) atoms. The summed E-state index contributed by atoms with van der Waals surface area (Å²) in [4.78, 5) is 0. The van der Waals surface area contributed by atoms with Crippen LogP contribution in [0.2, 0.25) is 0 Å². The lowest BCUT2D eigenvalue weighted by Gasteiger charge is -2.12. The zero-order valence-corrected chi connectivity index (χ0v) is 10.9. The van der Waals surface area contributed by atoms with E-state index in [9.17, 15) is 0 Å². The second-order valence-corrected chi connectivity index (χ2v) is 3.82. The van der Waals surface area contributed by atoms with Gasteiger partial charge in [-0.15, -0.1) is 0 Å². The molecule has 96 valence electrons. The third-order valence-electron chi connectivity index (χ3n) is 2.39. The quantitative estimate of drug-likeness (QED) is 0.668. The number of nitrogens with one attached hydrogen (secondary N) is 1. The summed E-state index contributed by atoms with van der Waals surface area (Å²) in [5.41, 5.74) is 1.04. The van der Waals surface area contributed by atoms with Crippen LogP contribution in [0.15, 0.2) is 24.3 Å². The number of ether oxygens (including phenoxy) is 2. The molecule has 0 saturated carbocycles. The first-order valence-electron chi connectivity index (χ1n) is 6.42. The molecule has 0 bridgehead atoms. The average Bonchev–Trinajstić information content (AvgIpc) is 2.36. The van der Waals surface area contributed by atoms with E-state index in [0.717, 1.165) is 37.6 Å². The highest BCUT2D eigenvalue weighted by atomic mass is 16.5. The van der Waals surface area contributed by atoms with Crippen molar-refractivity contribution in [3.8, 4) is 5.75 Å². The molecule has 1 aromatic carbocycles. The fourth-order valence-corrected chi connectivity index (χ4v) is 1.50. The van der Waals surface area contributed by atoms with Gasteiger partial charge in [-0.2, -0.15) is 0 Å². The summed E-state index contributed by atoms with van der Waals surface area (Å²) in [6, 6.07) is 7.98. The molecule has 1 aromatic rings. The van der Waals surface area contributed by atoms with E-state index in [1.54, 1.807) is 0 Å². The highest BCUT2D eigenvalue weighted by Gasteiger charge is 2.00. The average molecular weight is 237 g/mol. The molecule has 0 fully saturated rings. The molecule has 1 rings (SSSR count). The van der Waals surface area contributed by atoms with Crippen LogP contribution in [0, 0.1) is 0 Å². The third kappa shape index (κ3) is 5.59. The van der Waals surface area contributed by atoms with E-state index in [4.69, 9.17) is 9.47 Å². The Morgan fingerprint density at radius 1 is 1.12 bits per heavy atom. The third-order valence-corrected chi connectivity index (χ3v) is 2.39. The van der Waals surface area contributed by atoms with Crippen molar-refractivity contribution in [1.82, 2.24) is 0 Å². The number of para-hydroxylation sites is 2.